The molecule has 0 saturated carbocycles. The Morgan fingerprint density at radius 2 is 2.00 bits per heavy atom. The first kappa shape index (κ1) is 13.9. The molecule has 1 amide bonds. The Hall–Kier alpha value is -1.10. The second-order valence-corrected chi connectivity index (χ2v) is 3.53. The molecule has 0 spiro atoms. The van der Waals surface area contributed by atoms with Crippen molar-refractivity contribution in [1.29, 1.82) is 0 Å². The lowest BCUT2D eigenvalue weighted by Gasteiger charge is -2.17. The molecule has 0 saturated heterocycles. The predicted octanol–water partition coefficient (Wildman–Crippen LogP) is 0.341. The van der Waals surface area contributed by atoms with Crippen molar-refractivity contribution in [2.45, 2.75) is 39.2 Å². The summed E-state index contributed by atoms with van der Waals surface area (Å²) in [4.78, 5) is 22.3. The van der Waals surface area contributed by atoms with Crippen molar-refractivity contribution in [3.63, 3.8) is 0 Å². The van der Waals surface area contributed by atoms with Crippen LogP contribution in [0.1, 0.15) is 33.1 Å². The Labute approximate surface area is 90.0 Å². The van der Waals surface area contributed by atoms with E-state index in [9.17, 15) is 9.59 Å². The summed E-state index contributed by atoms with van der Waals surface area (Å²) < 4.78 is 0. The molecule has 0 radical (unpaired) electrons. The van der Waals surface area contributed by atoms with Crippen LogP contribution in [0.5, 0.6) is 0 Å². The molecule has 0 bridgehead atoms. The zero-order chi connectivity index (χ0) is 11.8. The zero-order valence-corrected chi connectivity index (χ0v) is 9.32. The summed E-state index contributed by atoms with van der Waals surface area (Å²) in [5.41, 5.74) is 5.40. The van der Waals surface area contributed by atoms with Crippen LogP contribution in [0.4, 0.5) is 0 Å². The van der Waals surface area contributed by atoms with Gasteiger partial charge < -0.3 is 16.2 Å². The highest BCUT2D eigenvalue weighted by Gasteiger charge is 2.22. The molecule has 0 heterocycles. The predicted molar refractivity (Wildman–Crippen MR) is 57.3 cm³/mol. The summed E-state index contributed by atoms with van der Waals surface area (Å²) in [6, 6.07) is -0.789. The van der Waals surface area contributed by atoms with E-state index in [-0.39, 0.29) is 18.4 Å². The maximum atomic E-state index is 11.5. The number of carbonyl (C=O) groups is 2. The number of carboxylic acid groups (broad SMARTS) is 1. The van der Waals surface area contributed by atoms with Gasteiger partial charge >= 0.3 is 5.97 Å². The van der Waals surface area contributed by atoms with Crippen LogP contribution in [0.3, 0.4) is 0 Å². The smallest absolute Gasteiger partial charge is 0.326 e. The number of carbonyl (C=O) groups excluding carboxylic acids is 1. The molecule has 15 heavy (non-hydrogen) atoms. The number of hydrogen-bond donors (Lipinski definition) is 3. The minimum atomic E-state index is -0.989. The number of nitrogens with two attached hydrogens (primary N) is 1. The fourth-order valence-electron chi connectivity index (χ4n) is 1.29. The zero-order valence-electron chi connectivity index (χ0n) is 9.32. The van der Waals surface area contributed by atoms with Crippen molar-refractivity contribution < 1.29 is 14.7 Å². The van der Waals surface area contributed by atoms with Crippen LogP contribution in [-0.4, -0.2) is 29.6 Å². The van der Waals surface area contributed by atoms with E-state index in [1.807, 2.05) is 13.8 Å². The van der Waals surface area contributed by atoms with Gasteiger partial charge in [0, 0.05) is 12.5 Å². The van der Waals surface area contributed by atoms with Gasteiger partial charge in [-0.1, -0.05) is 20.3 Å². The van der Waals surface area contributed by atoms with Gasteiger partial charge in [0.05, 0.1) is 0 Å². The van der Waals surface area contributed by atoms with Gasteiger partial charge in [-0.05, 0) is 12.8 Å². The highest BCUT2D eigenvalue weighted by molar-refractivity contribution is 5.85. The van der Waals surface area contributed by atoms with Crippen molar-refractivity contribution in [1.82, 2.24) is 5.32 Å². The Bertz CT molecular complexity index is 215. The van der Waals surface area contributed by atoms with E-state index in [0.29, 0.717) is 12.8 Å². The molecule has 4 N–H and O–H groups in total. The van der Waals surface area contributed by atoms with E-state index in [1.165, 1.54) is 0 Å². The van der Waals surface area contributed by atoms with Gasteiger partial charge in [-0.25, -0.2) is 4.79 Å². The first-order valence-electron chi connectivity index (χ1n) is 5.30. The SMILES string of the molecule is CCC[C@H](NC(=O)C(CC)CN)C(=O)O. The summed E-state index contributed by atoms with van der Waals surface area (Å²) in [5, 5.41) is 11.3. The maximum Gasteiger partial charge on any atom is 0.326 e. The van der Waals surface area contributed by atoms with Gasteiger partial charge in [0.15, 0.2) is 0 Å². The molecule has 0 aliphatic carbocycles. The number of rotatable bonds is 7. The van der Waals surface area contributed by atoms with Gasteiger partial charge in [-0.2, -0.15) is 0 Å². The third-order valence-corrected chi connectivity index (χ3v) is 2.34. The highest BCUT2D eigenvalue weighted by Crippen LogP contribution is 2.03. The molecular formula is C10H20N2O3. The second kappa shape index (κ2) is 7.23. The number of amides is 1. The normalized spacial score (nSPS) is 14.3. The van der Waals surface area contributed by atoms with E-state index in [4.69, 9.17) is 10.8 Å². The van der Waals surface area contributed by atoms with Crippen LogP contribution in [0.25, 0.3) is 0 Å². The third kappa shape index (κ3) is 4.78. The fourth-order valence-corrected chi connectivity index (χ4v) is 1.29. The van der Waals surface area contributed by atoms with Gasteiger partial charge in [0.25, 0.3) is 0 Å². The van der Waals surface area contributed by atoms with Crippen LogP contribution in [0.2, 0.25) is 0 Å². The standard InChI is InChI=1S/C10H20N2O3/c1-3-5-8(10(14)15)12-9(13)7(4-2)6-11/h7-8H,3-6,11H2,1-2H3,(H,12,13)(H,14,15)/t7?,8-/m0/s1. The van der Waals surface area contributed by atoms with Crippen molar-refractivity contribution in [2.24, 2.45) is 11.7 Å². The van der Waals surface area contributed by atoms with E-state index in [2.05, 4.69) is 5.32 Å². The summed E-state index contributed by atoms with van der Waals surface area (Å²) in [6.07, 6.45) is 1.79. The third-order valence-electron chi connectivity index (χ3n) is 2.34. The molecule has 88 valence electrons. The molecule has 5 nitrogen and oxygen atoms in total. The monoisotopic (exact) mass is 216 g/mol. The molecule has 0 aromatic rings. The number of aliphatic carboxylic acids is 1. The first-order chi connectivity index (χ1) is 7.06. The van der Waals surface area contributed by atoms with Gasteiger partial charge in [0.2, 0.25) is 5.91 Å². The first-order valence-corrected chi connectivity index (χ1v) is 5.30. The maximum absolute atomic E-state index is 11.5. The quantitative estimate of drug-likeness (QED) is 0.572. The van der Waals surface area contributed by atoms with Crippen LogP contribution >= 0.6 is 0 Å². The molecule has 0 aromatic heterocycles. The largest absolute Gasteiger partial charge is 0.480 e. The van der Waals surface area contributed by atoms with Crippen LogP contribution in [0.15, 0.2) is 0 Å². The van der Waals surface area contributed by atoms with Crippen molar-refractivity contribution in [2.75, 3.05) is 6.54 Å². The fraction of sp³-hybridized carbons (Fsp3) is 0.800. The van der Waals surface area contributed by atoms with Gasteiger partial charge in [-0.15, -0.1) is 0 Å². The van der Waals surface area contributed by atoms with Crippen molar-refractivity contribution in [3.8, 4) is 0 Å². The summed E-state index contributed by atoms with van der Waals surface area (Å²) in [5.74, 6) is -1.54. The summed E-state index contributed by atoms with van der Waals surface area (Å²) in [6.45, 7) is 3.98. The molecular weight excluding hydrogens is 196 g/mol. The molecule has 1 unspecified atom stereocenters. The van der Waals surface area contributed by atoms with Crippen LogP contribution in [-0.2, 0) is 9.59 Å². The van der Waals surface area contributed by atoms with E-state index >= 15 is 0 Å². The number of hydrogen-bond acceptors (Lipinski definition) is 3. The van der Waals surface area contributed by atoms with Crippen molar-refractivity contribution >= 4 is 11.9 Å². The molecule has 0 aliphatic rings. The molecule has 2 atom stereocenters. The molecule has 0 rings (SSSR count). The van der Waals surface area contributed by atoms with Gasteiger partial charge in [-0.3, -0.25) is 4.79 Å². The Kier molecular flexibility index (Phi) is 6.70. The lowest BCUT2D eigenvalue weighted by Crippen LogP contribution is -2.45. The van der Waals surface area contributed by atoms with Crippen LogP contribution < -0.4 is 11.1 Å². The van der Waals surface area contributed by atoms with Crippen LogP contribution in [0, 0.1) is 5.92 Å². The lowest BCUT2D eigenvalue weighted by atomic mass is 10.0. The van der Waals surface area contributed by atoms with Crippen molar-refractivity contribution in [3.05, 3.63) is 0 Å². The average Bonchev–Trinajstić information content (AvgIpc) is 2.18. The summed E-state index contributed by atoms with van der Waals surface area (Å²) >= 11 is 0. The Morgan fingerprint density at radius 3 is 2.33 bits per heavy atom. The Morgan fingerprint density at radius 1 is 1.40 bits per heavy atom. The van der Waals surface area contributed by atoms with Gasteiger partial charge in [0.1, 0.15) is 6.04 Å². The molecule has 0 aromatic carbocycles. The Balaban J connectivity index is 4.27. The summed E-state index contributed by atoms with van der Waals surface area (Å²) in [7, 11) is 0. The van der Waals surface area contributed by atoms with E-state index < -0.39 is 12.0 Å². The average molecular weight is 216 g/mol. The molecule has 5 heteroatoms. The minimum Gasteiger partial charge on any atom is -0.480 e. The number of carboxylic acids is 1. The van der Waals surface area contributed by atoms with E-state index in [0.717, 1.165) is 6.42 Å². The minimum absolute atomic E-state index is 0.251. The topological polar surface area (TPSA) is 92.4 Å². The molecule has 0 aliphatic heterocycles. The number of nitrogens with one attached hydrogen (secondary N) is 1. The highest BCUT2D eigenvalue weighted by atomic mass is 16.4. The second-order valence-electron chi connectivity index (χ2n) is 3.53. The molecule has 0 fully saturated rings. The van der Waals surface area contributed by atoms with E-state index in [1.54, 1.807) is 0 Å². The lowest BCUT2D eigenvalue weighted by molar-refractivity contribution is -0.142.